The fraction of sp³-hybridized carbons (Fsp3) is 0.396. The SMILES string of the molecule is COC(=O)c1c(C)cccc1CO[C@@H]1CCC[C@H](OCc2nc(-c3cccc(F)c3)oc2C)C1.Cc1cccc(CO[C@@H]2CCC[C@H](OCc3nc(-c4cccc(F)c4)oc3C)C2)c1C(=O)O.[K+].[OH-]. The zero-order valence-corrected chi connectivity index (χ0v) is 43.2. The Balaban J connectivity index is 0.000000250. The van der Waals surface area contributed by atoms with E-state index in [1.807, 2.05) is 45.0 Å². The Morgan fingerprint density at radius 3 is 1.41 bits per heavy atom. The van der Waals surface area contributed by atoms with Crippen LogP contribution in [0.3, 0.4) is 0 Å². The number of nitrogens with zero attached hydrogens (tertiary/aromatic N) is 2. The Hall–Kier alpha value is -4.46. The number of carbonyl (C=O) groups excluding carboxylic acids is 1. The summed E-state index contributed by atoms with van der Waals surface area (Å²) >= 11 is 0. The van der Waals surface area contributed by atoms with Crippen molar-refractivity contribution in [3.05, 3.63) is 153 Å². The van der Waals surface area contributed by atoms with Gasteiger partial charge < -0.3 is 43.1 Å². The van der Waals surface area contributed by atoms with Crippen LogP contribution in [0.15, 0.2) is 93.8 Å². The Morgan fingerprint density at radius 1 is 0.609 bits per heavy atom. The van der Waals surface area contributed by atoms with Gasteiger partial charge in [0, 0.05) is 11.1 Å². The molecule has 0 aliphatic heterocycles. The summed E-state index contributed by atoms with van der Waals surface area (Å²) in [4.78, 5) is 32.8. The van der Waals surface area contributed by atoms with E-state index in [1.54, 1.807) is 43.3 Å². The number of carbonyl (C=O) groups is 2. The van der Waals surface area contributed by atoms with Crippen molar-refractivity contribution in [2.24, 2.45) is 0 Å². The number of ether oxygens (including phenoxy) is 5. The van der Waals surface area contributed by atoms with Crippen molar-refractivity contribution in [3.8, 4) is 22.9 Å². The van der Waals surface area contributed by atoms with E-state index in [1.165, 1.54) is 31.4 Å². The number of hydrogen-bond acceptors (Lipinski definition) is 12. The van der Waals surface area contributed by atoms with Crippen LogP contribution in [0.2, 0.25) is 0 Å². The number of halogens is 2. The summed E-state index contributed by atoms with van der Waals surface area (Å²) in [6, 6.07) is 23.5. The predicted octanol–water partition coefficient (Wildman–Crippen LogP) is 8.60. The number of rotatable bonds is 16. The fourth-order valence-corrected chi connectivity index (χ4v) is 8.63. The quantitative estimate of drug-likeness (QED) is 0.0720. The maximum Gasteiger partial charge on any atom is 1.00 e. The second-order valence-electron chi connectivity index (χ2n) is 17.1. The van der Waals surface area contributed by atoms with Crippen molar-refractivity contribution in [3.63, 3.8) is 0 Å². The Kier molecular flexibility index (Phi) is 21.4. The molecule has 2 aliphatic rings. The number of carboxylic acid groups (broad SMARTS) is 1. The van der Waals surface area contributed by atoms with E-state index >= 15 is 0 Å². The number of hydrogen-bond donors (Lipinski definition) is 1. The standard InChI is InChI=1S/C27H30FNO5.C26H28FNO5.K.H2O/c1-17-7-4-9-20(25(17)27(30)31-3)15-32-22-11-6-12-23(14-22)33-16-24-18(2)34-26(29-24)19-8-5-10-21(28)13-19;1-16-6-3-8-19(24(16)26(29)30)14-31-21-10-5-11-22(13-21)32-15-23-17(2)33-25(28-23)18-7-4-9-20(27)12-18;;/h4-5,7-10,13,22-23H,6,11-12,14-16H2,1-3H3;3-4,6-9,12,21-22H,5,10-11,13-15H2,1-2H3,(H,29,30);;1H2/q;;+1;/p-1/t22-,23+;21-,22+;;/m11../s1. The van der Waals surface area contributed by atoms with Gasteiger partial charge >= 0.3 is 63.3 Å². The summed E-state index contributed by atoms with van der Waals surface area (Å²) in [7, 11) is 1.39. The van der Waals surface area contributed by atoms with Crippen molar-refractivity contribution >= 4 is 11.9 Å². The van der Waals surface area contributed by atoms with E-state index in [2.05, 4.69) is 9.97 Å². The van der Waals surface area contributed by atoms with Gasteiger partial charge in [-0.3, -0.25) is 0 Å². The van der Waals surface area contributed by atoms with Crippen LogP contribution in [0.5, 0.6) is 0 Å². The van der Waals surface area contributed by atoms with E-state index in [0.29, 0.717) is 82.3 Å². The molecule has 0 spiro atoms. The number of carboxylic acids is 1. The zero-order chi connectivity index (χ0) is 47.5. The average molecular weight is 977 g/mol. The first-order valence-electron chi connectivity index (χ1n) is 22.7. The number of esters is 1. The molecule has 0 radical (unpaired) electrons. The summed E-state index contributed by atoms with van der Waals surface area (Å²) in [6.07, 6.45) is 7.35. The molecule has 0 unspecified atom stereocenters. The number of oxazole rings is 2. The van der Waals surface area contributed by atoms with Crippen LogP contribution in [-0.2, 0) is 50.1 Å². The van der Waals surface area contributed by atoms with E-state index < -0.39 is 5.97 Å². The van der Waals surface area contributed by atoms with Gasteiger partial charge in [0.05, 0.1) is 69.1 Å². The number of benzene rings is 4. The van der Waals surface area contributed by atoms with Crippen LogP contribution in [0, 0.1) is 39.3 Å². The Bertz CT molecular complexity index is 2630. The minimum absolute atomic E-state index is 0. The summed E-state index contributed by atoms with van der Waals surface area (Å²) in [5.74, 6) is 0.137. The Labute approximate surface area is 444 Å². The maximum absolute atomic E-state index is 13.5. The molecule has 2 saturated carbocycles. The van der Waals surface area contributed by atoms with Crippen molar-refractivity contribution in [1.29, 1.82) is 0 Å². The van der Waals surface area contributed by atoms with Gasteiger partial charge in [-0.05, 0) is 138 Å². The second-order valence-corrected chi connectivity index (χ2v) is 17.1. The van der Waals surface area contributed by atoms with Crippen LogP contribution in [0.1, 0.15) is 117 Å². The van der Waals surface area contributed by atoms with Gasteiger partial charge in [-0.25, -0.2) is 28.3 Å². The molecule has 2 aromatic heterocycles. The van der Waals surface area contributed by atoms with Crippen LogP contribution in [0.25, 0.3) is 22.9 Å². The van der Waals surface area contributed by atoms with Crippen LogP contribution in [-0.4, -0.2) is 64.0 Å². The molecule has 2 fully saturated rings. The number of aryl methyl sites for hydroxylation is 4. The normalized spacial score (nSPS) is 17.7. The van der Waals surface area contributed by atoms with Crippen molar-refractivity contribution in [1.82, 2.24) is 9.97 Å². The van der Waals surface area contributed by atoms with Gasteiger partial charge in [0.25, 0.3) is 0 Å². The molecule has 69 heavy (non-hydrogen) atoms. The summed E-state index contributed by atoms with van der Waals surface area (Å²) in [5, 5.41) is 9.51. The smallest absolute Gasteiger partial charge is 0.870 e. The van der Waals surface area contributed by atoms with Gasteiger partial charge in [0.15, 0.2) is 0 Å². The number of aromatic nitrogens is 2. The van der Waals surface area contributed by atoms with E-state index in [4.69, 9.17) is 32.5 Å². The van der Waals surface area contributed by atoms with E-state index in [-0.39, 0.29) is 105 Å². The predicted molar refractivity (Wildman–Crippen MR) is 247 cm³/mol. The molecule has 13 nitrogen and oxygen atoms in total. The van der Waals surface area contributed by atoms with Crippen LogP contribution in [0.4, 0.5) is 8.78 Å². The number of methoxy groups -OCH3 is 1. The molecule has 6 aromatic rings. The molecule has 0 bridgehead atoms. The van der Waals surface area contributed by atoms with Gasteiger partial charge in [-0.1, -0.05) is 48.5 Å². The van der Waals surface area contributed by atoms with Gasteiger partial charge in [0.1, 0.15) is 34.5 Å². The third-order valence-electron chi connectivity index (χ3n) is 12.3. The molecule has 4 aromatic carbocycles. The molecular formula is C53H59F2KN2O11. The molecule has 8 rings (SSSR count). The van der Waals surface area contributed by atoms with E-state index in [9.17, 15) is 23.5 Å². The third kappa shape index (κ3) is 15.3. The summed E-state index contributed by atoms with van der Waals surface area (Å²) < 4.78 is 68.0. The molecule has 0 saturated heterocycles. The van der Waals surface area contributed by atoms with Gasteiger partial charge in [-0.2, -0.15) is 0 Å². The van der Waals surface area contributed by atoms with Crippen molar-refractivity contribution in [2.45, 2.75) is 130 Å². The van der Waals surface area contributed by atoms with Crippen molar-refractivity contribution in [2.75, 3.05) is 7.11 Å². The topological polar surface area (TPSA) is 183 Å². The van der Waals surface area contributed by atoms with Crippen molar-refractivity contribution < 1.29 is 113 Å². The summed E-state index contributed by atoms with van der Waals surface area (Å²) in [6.45, 7) is 8.60. The monoisotopic (exact) mass is 976 g/mol. The zero-order valence-electron chi connectivity index (χ0n) is 40.1. The van der Waals surface area contributed by atoms with Crippen LogP contribution < -0.4 is 51.4 Å². The second kappa shape index (κ2) is 26.7. The van der Waals surface area contributed by atoms with Gasteiger partial charge in [0.2, 0.25) is 11.8 Å². The maximum atomic E-state index is 13.5. The largest absolute Gasteiger partial charge is 1.00 e. The number of aromatic carboxylic acids is 1. The molecule has 0 amide bonds. The molecular weight excluding hydrogens is 918 g/mol. The molecule has 2 N–H and O–H groups in total. The fourth-order valence-electron chi connectivity index (χ4n) is 8.63. The van der Waals surface area contributed by atoms with E-state index in [0.717, 1.165) is 68.1 Å². The first kappa shape index (κ1) is 55.5. The van der Waals surface area contributed by atoms with Gasteiger partial charge in [-0.15, -0.1) is 0 Å². The third-order valence-corrected chi connectivity index (χ3v) is 12.3. The Morgan fingerprint density at radius 2 is 1.00 bits per heavy atom. The average Bonchev–Trinajstić information content (AvgIpc) is 3.89. The minimum Gasteiger partial charge on any atom is -0.870 e. The molecule has 362 valence electrons. The summed E-state index contributed by atoms with van der Waals surface area (Å²) in [5.41, 5.74) is 6.61. The first-order chi connectivity index (χ1) is 32.3. The molecule has 2 heterocycles. The minimum atomic E-state index is -0.933. The first-order valence-corrected chi connectivity index (χ1v) is 22.7. The molecule has 2 aliphatic carbocycles. The molecule has 4 atom stereocenters. The molecule has 16 heteroatoms. The van der Waals surface area contributed by atoms with Crippen LogP contribution >= 0.6 is 0 Å².